The van der Waals surface area contributed by atoms with E-state index in [0.29, 0.717) is 5.56 Å². The van der Waals surface area contributed by atoms with E-state index in [2.05, 4.69) is 9.71 Å². The van der Waals surface area contributed by atoms with Gasteiger partial charge in [-0.2, -0.15) is 0 Å². The lowest BCUT2D eigenvalue weighted by atomic mass is 10.1. The minimum absolute atomic E-state index is 0.0364. The lowest BCUT2D eigenvalue weighted by Gasteiger charge is -2.07. The molecule has 27 heavy (non-hydrogen) atoms. The van der Waals surface area contributed by atoms with Crippen LogP contribution in [0.2, 0.25) is 0 Å². The Morgan fingerprint density at radius 2 is 1.70 bits per heavy atom. The quantitative estimate of drug-likeness (QED) is 0.432. The number of hydrogen-bond acceptors (Lipinski definition) is 6. The normalized spacial score (nSPS) is 10.4. The van der Waals surface area contributed by atoms with Crippen LogP contribution in [0.4, 0.5) is 5.69 Å². The van der Waals surface area contributed by atoms with Crippen LogP contribution in [0.15, 0.2) is 78.0 Å². The molecular formula is C21H18N2O2S2. The molecule has 0 bridgehead atoms. The number of anilines is 1. The van der Waals surface area contributed by atoms with E-state index in [1.807, 2.05) is 54.7 Å². The number of hydrogen-bond donors (Lipinski definition) is 1. The van der Waals surface area contributed by atoms with E-state index in [0.717, 1.165) is 33.5 Å². The predicted octanol–water partition coefficient (Wildman–Crippen LogP) is 5.33. The summed E-state index contributed by atoms with van der Waals surface area (Å²) in [5.41, 5.74) is 3.81. The molecule has 3 rings (SSSR count). The van der Waals surface area contributed by atoms with Gasteiger partial charge in [0.2, 0.25) is 0 Å². The van der Waals surface area contributed by atoms with Crippen LogP contribution in [0.1, 0.15) is 17.3 Å². The van der Waals surface area contributed by atoms with Crippen LogP contribution in [0.3, 0.4) is 0 Å². The largest absolute Gasteiger partial charge is 0.326 e. The summed E-state index contributed by atoms with van der Waals surface area (Å²) in [6.07, 6.45) is 3.60. The summed E-state index contributed by atoms with van der Waals surface area (Å²) in [6, 6.07) is 19.5. The molecule has 0 aliphatic heterocycles. The summed E-state index contributed by atoms with van der Waals surface area (Å²) in [7, 11) is 0. The van der Waals surface area contributed by atoms with Gasteiger partial charge in [-0.25, -0.2) is 0 Å². The topological polar surface area (TPSA) is 59.1 Å². The first-order chi connectivity index (χ1) is 13.1. The Balaban J connectivity index is 1.55. The van der Waals surface area contributed by atoms with Crippen molar-refractivity contribution in [2.45, 2.75) is 11.8 Å². The maximum absolute atomic E-state index is 12.0. The van der Waals surface area contributed by atoms with Crippen molar-refractivity contribution >= 4 is 40.3 Å². The van der Waals surface area contributed by atoms with Crippen LogP contribution in [-0.4, -0.2) is 21.6 Å². The fourth-order valence-electron chi connectivity index (χ4n) is 2.34. The zero-order chi connectivity index (χ0) is 19.1. The Kier molecular flexibility index (Phi) is 6.68. The molecule has 0 aliphatic carbocycles. The Labute approximate surface area is 166 Å². The van der Waals surface area contributed by atoms with Gasteiger partial charge in [0.15, 0.2) is 10.9 Å². The minimum Gasteiger partial charge on any atom is -0.326 e. The fraction of sp³-hybridized carbons (Fsp3) is 0.0952. The third kappa shape index (κ3) is 5.70. The minimum atomic E-state index is -0.0470. The van der Waals surface area contributed by atoms with Crippen LogP contribution >= 0.6 is 23.7 Å². The number of pyridine rings is 1. The molecule has 0 saturated heterocycles. The van der Waals surface area contributed by atoms with Crippen LogP contribution < -0.4 is 4.72 Å². The van der Waals surface area contributed by atoms with E-state index in [-0.39, 0.29) is 16.7 Å². The van der Waals surface area contributed by atoms with Crippen molar-refractivity contribution < 1.29 is 9.59 Å². The molecule has 3 aromatic rings. The summed E-state index contributed by atoms with van der Waals surface area (Å²) in [5.74, 6) is 0.147. The van der Waals surface area contributed by atoms with Gasteiger partial charge in [-0.15, -0.1) is 0 Å². The van der Waals surface area contributed by atoms with Crippen LogP contribution in [-0.2, 0) is 4.79 Å². The smallest absolute Gasteiger partial charge is 0.186 e. The standard InChI is InChI=1S/C21H18N2O2S2/c1-15(24)26-14-21(25)17-6-10-20(11-7-17)27-23-19-8-4-16(5-9-19)18-3-2-12-22-13-18/h2-13,23H,14H2,1H3. The fourth-order valence-corrected chi connectivity index (χ4v) is 3.49. The summed E-state index contributed by atoms with van der Waals surface area (Å²) >= 11 is 2.52. The highest BCUT2D eigenvalue weighted by Crippen LogP contribution is 2.25. The molecule has 6 heteroatoms. The highest BCUT2D eigenvalue weighted by molar-refractivity contribution is 8.14. The van der Waals surface area contributed by atoms with Crippen molar-refractivity contribution in [2.24, 2.45) is 0 Å². The molecule has 4 nitrogen and oxygen atoms in total. The Morgan fingerprint density at radius 3 is 2.33 bits per heavy atom. The predicted molar refractivity (Wildman–Crippen MR) is 113 cm³/mol. The molecule has 0 atom stereocenters. The molecule has 0 spiro atoms. The molecule has 2 aromatic carbocycles. The van der Waals surface area contributed by atoms with Gasteiger partial charge in [-0.3, -0.25) is 14.6 Å². The number of thioether (sulfide) groups is 1. The van der Waals surface area contributed by atoms with Gasteiger partial charge in [-0.1, -0.05) is 42.1 Å². The Morgan fingerprint density at radius 1 is 0.963 bits per heavy atom. The molecule has 0 saturated carbocycles. The van der Waals surface area contributed by atoms with Gasteiger partial charge < -0.3 is 4.72 Å². The highest BCUT2D eigenvalue weighted by Gasteiger charge is 2.08. The van der Waals surface area contributed by atoms with E-state index < -0.39 is 0 Å². The molecule has 136 valence electrons. The van der Waals surface area contributed by atoms with Crippen LogP contribution in [0.25, 0.3) is 11.1 Å². The summed E-state index contributed by atoms with van der Waals surface area (Å²) in [5, 5.41) is -0.0470. The molecule has 1 N–H and O–H groups in total. The number of nitrogens with one attached hydrogen (secondary N) is 1. The lowest BCUT2D eigenvalue weighted by molar-refractivity contribution is -0.109. The number of rotatable bonds is 7. The summed E-state index contributed by atoms with van der Waals surface area (Å²) in [6.45, 7) is 1.46. The maximum atomic E-state index is 12.0. The van der Waals surface area contributed by atoms with Gasteiger partial charge in [0.05, 0.1) is 5.75 Å². The van der Waals surface area contributed by atoms with Crippen molar-refractivity contribution in [1.29, 1.82) is 0 Å². The van der Waals surface area contributed by atoms with Gasteiger partial charge in [-0.05, 0) is 53.4 Å². The van der Waals surface area contributed by atoms with Crippen molar-refractivity contribution in [3.05, 3.63) is 78.6 Å². The number of carbonyl (C=O) groups excluding carboxylic acids is 2. The summed E-state index contributed by atoms with van der Waals surface area (Å²) in [4.78, 5) is 28.1. The SMILES string of the molecule is CC(=O)SCC(=O)c1ccc(SNc2ccc(-c3cccnc3)cc2)cc1. The number of Topliss-reactive ketones (excluding diaryl/α,β-unsaturated/α-hetero) is 1. The zero-order valence-electron chi connectivity index (χ0n) is 14.7. The van der Waals surface area contributed by atoms with Gasteiger partial charge in [0, 0.05) is 35.5 Å². The van der Waals surface area contributed by atoms with Crippen molar-refractivity contribution in [2.75, 3.05) is 10.5 Å². The number of nitrogens with zero attached hydrogens (tertiary/aromatic N) is 1. The third-order valence-electron chi connectivity index (χ3n) is 3.75. The molecule has 0 radical (unpaired) electrons. The zero-order valence-corrected chi connectivity index (χ0v) is 16.3. The second kappa shape index (κ2) is 9.39. The van der Waals surface area contributed by atoms with E-state index >= 15 is 0 Å². The average Bonchev–Trinajstić information content (AvgIpc) is 2.72. The second-order valence-corrected chi connectivity index (χ2v) is 7.78. The summed E-state index contributed by atoms with van der Waals surface area (Å²) < 4.78 is 3.30. The number of aromatic nitrogens is 1. The molecular weight excluding hydrogens is 376 g/mol. The Hall–Kier alpha value is -2.57. The van der Waals surface area contributed by atoms with Crippen LogP contribution in [0.5, 0.6) is 0 Å². The number of ketones is 1. The molecule has 0 fully saturated rings. The first-order valence-electron chi connectivity index (χ1n) is 8.32. The van der Waals surface area contributed by atoms with Crippen molar-refractivity contribution in [3.63, 3.8) is 0 Å². The monoisotopic (exact) mass is 394 g/mol. The number of benzene rings is 2. The molecule has 0 amide bonds. The highest BCUT2D eigenvalue weighted by atomic mass is 32.2. The first-order valence-corrected chi connectivity index (χ1v) is 10.1. The molecule has 0 aliphatic rings. The van der Waals surface area contributed by atoms with Crippen molar-refractivity contribution in [1.82, 2.24) is 4.98 Å². The lowest BCUT2D eigenvalue weighted by Crippen LogP contribution is -2.03. The van der Waals surface area contributed by atoms with Gasteiger partial charge in [0.25, 0.3) is 0 Å². The third-order valence-corrected chi connectivity index (χ3v) is 5.41. The number of carbonyl (C=O) groups is 2. The molecule has 1 aromatic heterocycles. The second-order valence-electron chi connectivity index (χ2n) is 5.75. The molecule has 0 unspecified atom stereocenters. The van der Waals surface area contributed by atoms with Gasteiger partial charge >= 0.3 is 0 Å². The van der Waals surface area contributed by atoms with E-state index in [9.17, 15) is 9.59 Å². The average molecular weight is 395 g/mol. The van der Waals surface area contributed by atoms with E-state index in [1.54, 1.807) is 18.3 Å². The van der Waals surface area contributed by atoms with Crippen molar-refractivity contribution in [3.8, 4) is 11.1 Å². The van der Waals surface area contributed by atoms with Crippen LogP contribution in [0, 0.1) is 0 Å². The van der Waals surface area contributed by atoms with E-state index in [1.165, 1.54) is 18.9 Å². The maximum Gasteiger partial charge on any atom is 0.186 e. The first kappa shape index (κ1) is 19.2. The van der Waals surface area contributed by atoms with E-state index in [4.69, 9.17) is 0 Å². The Bertz CT molecular complexity index is 911. The van der Waals surface area contributed by atoms with Gasteiger partial charge in [0.1, 0.15) is 0 Å². The molecule has 1 heterocycles.